The normalized spacial score (nSPS) is 24.9. The van der Waals surface area contributed by atoms with Crippen LogP contribution in [0.15, 0.2) is 24.3 Å². The van der Waals surface area contributed by atoms with Crippen LogP contribution < -0.4 is 10.1 Å². The van der Waals surface area contributed by atoms with Crippen molar-refractivity contribution in [1.29, 1.82) is 0 Å². The van der Waals surface area contributed by atoms with Gasteiger partial charge >= 0.3 is 0 Å². The summed E-state index contributed by atoms with van der Waals surface area (Å²) in [6.45, 7) is 4.64. The molecule has 2 heterocycles. The van der Waals surface area contributed by atoms with Crippen molar-refractivity contribution < 1.29 is 4.74 Å². The second-order valence-corrected chi connectivity index (χ2v) is 5.61. The number of fused-ring (bicyclic) bond motifs is 1. The van der Waals surface area contributed by atoms with E-state index in [4.69, 9.17) is 4.74 Å². The lowest BCUT2D eigenvalue weighted by Crippen LogP contribution is -2.55. The van der Waals surface area contributed by atoms with Crippen LogP contribution in [0, 0.1) is 5.41 Å². The fourth-order valence-corrected chi connectivity index (χ4v) is 3.28. The predicted octanol–water partition coefficient (Wildman–Crippen LogP) is 2.77. The van der Waals surface area contributed by atoms with Gasteiger partial charge in [-0.25, -0.2) is 0 Å². The molecule has 1 unspecified atom stereocenters. The minimum Gasteiger partial charge on any atom is -0.490 e. The number of para-hydroxylation sites is 1. The Kier molecular flexibility index (Phi) is 2.83. The third-order valence-electron chi connectivity index (χ3n) is 4.15. The Morgan fingerprint density at radius 3 is 2.82 bits per heavy atom. The van der Waals surface area contributed by atoms with Gasteiger partial charge in [0.05, 0.1) is 0 Å². The van der Waals surface area contributed by atoms with Gasteiger partial charge in [0.2, 0.25) is 0 Å². The van der Waals surface area contributed by atoms with E-state index in [1.165, 1.54) is 37.9 Å². The zero-order chi connectivity index (χ0) is 11.7. The maximum absolute atomic E-state index is 6.06. The summed E-state index contributed by atoms with van der Waals surface area (Å²) >= 11 is 0. The van der Waals surface area contributed by atoms with Crippen LogP contribution in [0.3, 0.4) is 0 Å². The third-order valence-corrected chi connectivity index (χ3v) is 4.15. The number of nitrogens with one attached hydrogen (secondary N) is 1. The van der Waals surface area contributed by atoms with Crippen LogP contribution in [0.4, 0.5) is 0 Å². The molecule has 92 valence electrons. The number of rotatable bonds is 4. The van der Waals surface area contributed by atoms with Crippen LogP contribution >= 0.6 is 0 Å². The van der Waals surface area contributed by atoms with Crippen LogP contribution in [-0.4, -0.2) is 19.2 Å². The Hall–Kier alpha value is -1.02. The molecule has 2 nitrogen and oxygen atoms in total. The molecule has 1 saturated heterocycles. The molecule has 2 heteroatoms. The molecule has 3 rings (SSSR count). The summed E-state index contributed by atoms with van der Waals surface area (Å²) in [5.41, 5.74) is 1.90. The minimum atomic E-state index is 0.404. The zero-order valence-electron chi connectivity index (χ0n) is 10.5. The van der Waals surface area contributed by atoms with E-state index >= 15 is 0 Å². The summed E-state index contributed by atoms with van der Waals surface area (Å²) in [7, 11) is 0. The van der Waals surface area contributed by atoms with Gasteiger partial charge in [-0.15, -0.1) is 0 Å². The number of benzene rings is 1. The molecule has 2 aliphatic rings. The lowest BCUT2D eigenvalue weighted by atomic mass is 9.73. The highest BCUT2D eigenvalue weighted by Crippen LogP contribution is 2.39. The maximum atomic E-state index is 6.06. The molecule has 0 aromatic heterocycles. The van der Waals surface area contributed by atoms with E-state index < -0.39 is 0 Å². The quantitative estimate of drug-likeness (QED) is 0.860. The SMILES string of the molecule is CCCC1(CC2Cc3ccccc3O2)CNC1. The van der Waals surface area contributed by atoms with Crippen molar-refractivity contribution in [2.75, 3.05) is 13.1 Å². The van der Waals surface area contributed by atoms with Gasteiger partial charge < -0.3 is 10.1 Å². The minimum absolute atomic E-state index is 0.404. The molecular weight excluding hydrogens is 210 g/mol. The van der Waals surface area contributed by atoms with Crippen LogP contribution in [0.5, 0.6) is 5.75 Å². The van der Waals surface area contributed by atoms with Crippen LogP contribution in [0.1, 0.15) is 31.7 Å². The van der Waals surface area contributed by atoms with Gasteiger partial charge in [-0.3, -0.25) is 0 Å². The second kappa shape index (κ2) is 4.34. The third kappa shape index (κ3) is 2.06. The summed E-state index contributed by atoms with van der Waals surface area (Å²) in [6, 6.07) is 8.47. The van der Waals surface area contributed by atoms with Gasteiger partial charge in [-0.1, -0.05) is 31.5 Å². The lowest BCUT2D eigenvalue weighted by Gasteiger charge is -2.44. The van der Waals surface area contributed by atoms with Gasteiger partial charge in [0, 0.05) is 19.5 Å². The number of hydrogen-bond donors (Lipinski definition) is 1. The highest BCUT2D eigenvalue weighted by molar-refractivity contribution is 5.37. The van der Waals surface area contributed by atoms with E-state index in [-0.39, 0.29) is 0 Å². The zero-order valence-corrected chi connectivity index (χ0v) is 10.5. The van der Waals surface area contributed by atoms with Crippen molar-refractivity contribution in [2.24, 2.45) is 5.41 Å². The summed E-state index contributed by atoms with van der Waals surface area (Å²) in [5, 5.41) is 3.43. The van der Waals surface area contributed by atoms with E-state index in [0.717, 1.165) is 12.2 Å². The molecule has 0 radical (unpaired) electrons. The van der Waals surface area contributed by atoms with Gasteiger partial charge in [-0.05, 0) is 29.9 Å². The first-order chi connectivity index (χ1) is 8.31. The summed E-state index contributed by atoms with van der Waals surface area (Å²) < 4.78 is 6.06. The molecule has 17 heavy (non-hydrogen) atoms. The fourth-order valence-electron chi connectivity index (χ4n) is 3.28. The first-order valence-electron chi connectivity index (χ1n) is 6.77. The monoisotopic (exact) mass is 231 g/mol. The summed E-state index contributed by atoms with van der Waals surface area (Å²) in [5.74, 6) is 1.11. The first-order valence-corrected chi connectivity index (χ1v) is 6.77. The smallest absolute Gasteiger partial charge is 0.123 e. The first kappa shape index (κ1) is 11.1. The Morgan fingerprint density at radius 2 is 2.18 bits per heavy atom. The Bertz CT molecular complexity index is 373. The summed E-state index contributed by atoms with van der Waals surface area (Å²) in [6.07, 6.45) is 5.32. The Balaban J connectivity index is 1.65. The fraction of sp³-hybridized carbons (Fsp3) is 0.600. The molecule has 1 aromatic rings. The molecule has 1 fully saturated rings. The highest BCUT2D eigenvalue weighted by atomic mass is 16.5. The standard InChI is InChI=1S/C15H21NO/c1-2-7-15(10-16-11-15)9-13-8-12-5-3-4-6-14(12)17-13/h3-6,13,16H,2,7-11H2,1H3. The van der Waals surface area contributed by atoms with E-state index in [0.29, 0.717) is 11.5 Å². The van der Waals surface area contributed by atoms with Crippen molar-refractivity contribution in [3.63, 3.8) is 0 Å². The van der Waals surface area contributed by atoms with Crippen molar-refractivity contribution >= 4 is 0 Å². The largest absolute Gasteiger partial charge is 0.490 e. The highest BCUT2D eigenvalue weighted by Gasteiger charge is 2.40. The molecule has 1 aromatic carbocycles. The molecule has 1 N–H and O–H groups in total. The van der Waals surface area contributed by atoms with Crippen LogP contribution in [0.2, 0.25) is 0 Å². The van der Waals surface area contributed by atoms with Crippen molar-refractivity contribution in [2.45, 2.75) is 38.7 Å². The van der Waals surface area contributed by atoms with Crippen LogP contribution in [-0.2, 0) is 6.42 Å². The predicted molar refractivity (Wildman–Crippen MR) is 69.4 cm³/mol. The van der Waals surface area contributed by atoms with Crippen molar-refractivity contribution in [1.82, 2.24) is 5.32 Å². The molecule has 0 saturated carbocycles. The molecular formula is C15H21NO. The van der Waals surface area contributed by atoms with E-state index in [9.17, 15) is 0 Å². The van der Waals surface area contributed by atoms with E-state index in [1.54, 1.807) is 0 Å². The topological polar surface area (TPSA) is 21.3 Å². The van der Waals surface area contributed by atoms with Crippen molar-refractivity contribution in [3.8, 4) is 5.75 Å². The average molecular weight is 231 g/mol. The molecule has 2 aliphatic heterocycles. The van der Waals surface area contributed by atoms with E-state index in [1.807, 2.05) is 0 Å². The van der Waals surface area contributed by atoms with Crippen molar-refractivity contribution in [3.05, 3.63) is 29.8 Å². The Morgan fingerprint density at radius 1 is 1.35 bits per heavy atom. The van der Waals surface area contributed by atoms with Gasteiger partial charge in [0.1, 0.15) is 11.9 Å². The molecule has 0 spiro atoms. The van der Waals surface area contributed by atoms with Gasteiger partial charge in [0.25, 0.3) is 0 Å². The second-order valence-electron chi connectivity index (χ2n) is 5.61. The van der Waals surface area contributed by atoms with Gasteiger partial charge in [0.15, 0.2) is 0 Å². The Labute approximate surface area is 103 Å². The average Bonchev–Trinajstić information content (AvgIpc) is 2.68. The number of ether oxygens (including phenoxy) is 1. The molecule has 0 amide bonds. The van der Waals surface area contributed by atoms with Gasteiger partial charge in [-0.2, -0.15) is 0 Å². The lowest BCUT2D eigenvalue weighted by molar-refractivity contribution is 0.0744. The molecule has 0 bridgehead atoms. The molecule has 0 aliphatic carbocycles. The van der Waals surface area contributed by atoms with E-state index in [2.05, 4.69) is 36.5 Å². The summed E-state index contributed by atoms with van der Waals surface area (Å²) in [4.78, 5) is 0. The van der Waals surface area contributed by atoms with Crippen LogP contribution in [0.25, 0.3) is 0 Å². The number of hydrogen-bond acceptors (Lipinski definition) is 2. The molecule has 1 atom stereocenters. The maximum Gasteiger partial charge on any atom is 0.123 e.